The van der Waals surface area contributed by atoms with Gasteiger partial charge in [0.2, 0.25) is 11.8 Å². The highest BCUT2D eigenvalue weighted by atomic mass is 35.5. The number of imide groups is 2. The number of allylic oxidation sites excluding steroid dienone is 1. The Morgan fingerprint density at radius 2 is 1.40 bits per heavy atom. The fourth-order valence-electron chi connectivity index (χ4n) is 10.1. The van der Waals surface area contributed by atoms with Crippen LogP contribution < -0.4 is 15.0 Å². The standard InChI is InChI=1S/C49H52ClN5O5/c50-24-21-41(34-7-3-1-4-8-34)46(35-9-5-2-6-10-35)36-11-16-40(17-12-36)60-28-27-52-25-22-33(23-26-52)30-53-31-39-14-13-38(53)32-54(39)37-15-18-42-43(29-37)49(59)55(48(42)58)44-19-20-45(56)51-47(44)57/h1-12,15-18,29,33,38-39,44H,13-14,19-28,30-32H2,(H,51,56,57). The average molecular weight is 826 g/mol. The number of nitrogens with one attached hydrogen (secondary N) is 1. The zero-order valence-electron chi connectivity index (χ0n) is 33.9. The van der Waals surface area contributed by atoms with Crippen molar-refractivity contribution in [2.75, 3.05) is 56.7 Å². The Hall–Kier alpha value is -5.29. The summed E-state index contributed by atoms with van der Waals surface area (Å²) in [7, 11) is 0. The summed E-state index contributed by atoms with van der Waals surface area (Å²) in [6, 6.07) is 34.9. The number of likely N-dealkylation sites (tertiary alicyclic amines) is 1. The van der Waals surface area contributed by atoms with Gasteiger partial charge in [-0.05, 0) is 116 Å². The highest BCUT2D eigenvalue weighted by Gasteiger charge is 2.46. The fourth-order valence-corrected chi connectivity index (χ4v) is 10.3. The van der Waals surface area contributed by atoms with Gasteiger partial charge >= 0.3 is 0 Å². The van der Waals surface area contributed by atoms with Gasteiger partial charge in [0.25, 0.3) is 11.8 Å². The quantitative estimate of drug-likeness (QED) is 0.0865. The van der Waals surface area contributed by atoms with E-state index in [4.69, 9.17) is 16.3 Å². The molecule has 10 rings (SSSR count). The molecule has 11 heteroatoms. The number of carbonyl (C=O) groups excluding carboxylic acids is 4. The molecule has 2 bridgehead atoms. The summed E-state index contributed by atoms with van der Waals surface area (Å²) in [5, 5.41) is 2.27. The van der Waals surface area contributed by atoms with Crippen LogP contribution in [-0.2, 0) is 9.59 Å². The predicted molar refractivity (Wildman–Crippen MR) is 234 cm³/mol. The molecular formula is C49H52ClN5O5. The van der Waals surface area contributed by atoms with Crippen molar-refractivity contribution >= 4 is 52.1 Å². The highest BCUT2D eigenvalue weighted by Crippen LogP contribution is 2.38. The third kappa shape index (κ3) is 8.25. The monoisotopic (exact) mass is 825 g/mol. The summed E-state index contributed by atoms with van der Waals surface area (Å²) in [6.45, 7) is 6.70. The van der Waals surface area contributed by atoms with Crippen molar-refractivity contribution in [3.8, 4) is 5.75 Å². The van der Waals surface area contributed by atoms with Gasteiger partial charge in [0.05, 0.1) is 11.1 Å². The molecule has 5 fully saturated rings. The zero-order valence-corrected chi connectivity index (χ0v) is 34.7. The molecule has 6 heterocycles. The maximum absolute atomic E-state index is 13.5. The fraction of sp³-hybridized carbons (Fsp3) is 0.388. The molecule has 310 valence electrons. The van der Waals surface area contributed by atoms with E-state index in [0.717, 1.165) is 80.4 Å². The van der Waals surface area contributed by atoms with Crippen molar-refractivity contribution in [3.05, 3.63) is 131 Å². The Kier molecular flexibility index (Phi) is 11.9. The number of anilines is 1. The molecule has 6 aliphatic heterocycles. The van der Waals surface area contributed by atoms with Crippen LogP contribution in [0.3, 0.4) is 0 Å². The molecule has 0 saturated carbocycles. The SMILES string of the molecule is O=C1CCC(N2C(=O)c3ccc(N4CC5CCC4CN5CC4CCN(CCOc5ccc(C(=C(CCCl)c6ccccc6)c6ccccc6)cc5)CC4)cc3C2=O)C(=O)N1. The first-order valence-corrected chi connectivity index (χ1v) is 22.1. The number of rotatable bonds is 13. The van der Waals surface area contributed by atoms with E-state index in [-0.39, 0.29) is 18.7 Å². The molecule has 3 atom stereocenters. The molecule has 4 aromatic carbocycles. The molecule has 0 spiro atoms. The normalized spacial score (nSPS) is 22.9. The number of nitrogens with zero attached hydrogens (tertiary/aromatic N) is 4. The van der Waals surface area contributed by atoms with Gasteiger partial charge in [-0.1, -0.05) is 72.8 Å². The van der Waals surface area contributed by atoms with Gasteiger partial charge in [-0.2, -0.15) is 0 Å². The Balaban J connectivity index is 0.757. The van der Waals surface area contributed by atoms with Crippen LogP contribution in [0.25, 0.3) is 11.1 Å². The van der Waals surface area contributed by atoms with Crippen molar-refractivity contribution in [1.82, 2.24) is 20.0 Å². The van der Waals surface area contributed by atoms with Gasteiger partial charge in [-0.25, -0.2) is 0 Å². The first-order chi connectivity index (χ1) is 29.3. The Morgan fingerprint density at radius 3 is 2.08 bits per heavy atom. The van der Waals surface area contributed by atoms with Crippen molar-refractivity contribution in [3.63, 3.8) is 0 Å². The number of alkyl halides is 1. The number of piperidine rings is 4. The number of amides is 4. The van der Waals surface area contributed by atoms with Crippen LogP contribution >= 0.6 is 11.6 Å². The lowest BCUT2D eigenvalue weighted by Gasteiger charge is -2.53. The third-order valence-electron chi connectivity index (χ3n) is 13.2. The second-order valence-electron chi connectivity index (χ2n) is 16.9. The van der Waals surface area contributed by atoms with E-state index in [2.05, 4.69) is 98.9 Å². The summed E-state index contributed by atoms with van der Waals surface area (Å²) in [5.74, 6) is 0.202. The number of piperazine rings is 1. The van der Waals surface area contributed by atoms with Gasteiger partial charge in [-0.15, -0.1) is 11.6 Å². The van der Waals surface area contributed by atoms with E-state index >= 15 is 0 Å². The molecule has 5 saturated heterocycles. The molecule has 0 radical (unpaired) electrons. The van der Waals surface area contributed by atoms with E-state index in [0.29, 0.717) is 41.6 Å². The van der Waals surface area contributed by atoms with Gasteiger partial charge in [0, 0.05) is 56.3 Å². The van der Waals surface area contributed by atoms with Crippen LogP contribution in [0.5, 0.6) is 5.75 Å². The lowest BCUT2D eigenvalue weighted by Crippen LogP contribution is -2.63. The molecule has 60 heavy (non-hydrogen) atoms. The third-order valence-corrected chi connectivity index (χ3v) is 13.4. The smallest absolute Gasteiger partial charge is 0.262 e. The van der Waals surface area contributed by atoms with Crippen LogP contribution in [0.4, 0.5) is 5.69 Å². The van der Waals surface area contributed by atoms with Crippen LogP contribution in [-0.4, -0.2) is 108 Å². The van der Waals surface area contributed by atoms with Crippen LogP contribution in [0.2, 0.25) is 0 Å². The van der Waals surface area contributed by atoms with Crippen molar-refractivity contribution in [1.29, 1.82) is 0 Å². The van der Waals surface area contributed by atoms with Crippen molar-refractivity contribution in [2.24, 2.45) is 5.92 Å². The number of hydrogen-bond donors (Lipinski definition) is 1. The lowest BCUT2D eigenvalue weighted by molar-refractivity contribution is -0.136. The van der Waals surface area contributed by atoms with E-state index in [1.54, 1.807) is 6.07 Å². The molecule has 4 amide bonds. The highest BCUT2D eigenvalue weighted by molar-refractivity contribution is 6.23. The minimum Gasteiger partial charge on any atom is -0.492 e. The topological polar surface area (TPSA) is 102 Å². The van der Waals surface area contributed by atoms with Gasteiger partial charge in [-0.3, -0.25) is 39.2 Å². The summed E-state index contributed by atoms with van der Waals surface area (Å²) < 4.78 is 6.29. The second kappa shape index (κ2) is 17.7. The molecule has 4 aromatic rings. The number of hydrogen-bond acceptors (Lipinski definition) is 8. The second-order valence-corrected chi connectivity index (χ2v) is 17.2. The Labute approximate surface area is 357 Å². The first-order valence-electron chi connectivity index (χ1n) is 21.6. The predicted octanol–water partition coefficient (Wildman–Crippen LogP) is 7.12. The number of benzene rings is 4. The van der Waals surface area contributed by atoms with E-state index in [1.165, 1.54) is 35.1 Å². The molecule has 0 aromatic heterocycles. The largest absolute Gasteiger partial charge is 0.492 e. The van der Waals surface area contributed by atoms with Crippen LogP contribution in [0.1, 0.15) is 82.4 Å². The van der Waals surface area contributed by atoms with Crippen LogP contribution in [0.15, 0.2) is 103 Å². The van der Waals surface area contributed by atoms with Gasteiger partial charge in [0.15, 0.2) is 0 Å². The van der Waals surface area contributed by atoms with Gasteiger partial charge in [0.1, 0.15) is 18.4 Å². The first kappa shape index (κ1) is 40.1. The summed E-state index contributed by atoms with van der Waals surface area (Å²) in [4.78, 5) is 59.6. The summed E-state index contributed by atoms with van der Waals surface area (Å²) >= 11 is 6.35. The van der Waals surface area contributed by atoms with E-state index < -0.39 is 23.8 Å². The molecule has 3 unspecified atom stereocenters. The maximum atomic E-state index is 13.5. The zero-order chi connectivity index (χ0) is 41.2. The number of ether oxygens (including phenoxy) is 1. The average Bonchev–Trinajstić information content (AvgIpc) is 3.53. The number of fused-ring (bicyclic) bond motifs is 4. The van der Waals surface area contributed by atoms with Crippen molar-refractivity contribution < 1.29 is 23.9 Å². The molecular weight excluding hydrogens is 774 g/mol. The molecule has 0 aliphatic carbocycles. The summed E-state index contributed by atoms with van der Waals surface area (Å²) in [6.07, 6.45) is 5.65. The Bertz CT molecular complexity index is 2260. The van der Waals surface area contributed by atoms with E-state index in [1.807, 2.05) is 18.2 Å². The minimum absolute atomic E-state index is 0.107. The van der Waals surface area contributed by atoms with Crippen LogP contribution in [0, 0.1) is 5.92 Å². The Morgan fingerprint density at radius 1 is 0.717 bits per heavy atom. The molecule has 1 N–H and O–H groups in total. The molecule has 6 aliphatic rings. The molecule has 10 nitrogen and oxygen atoms in total. The lowest BCUT2D eigenvalue weighted by atomic mass is 9.87. The van der Waals surface area contributed by atoms with Gasteiger partial charge < -0.3 is 9.64 Å². The number of carbonyl (C=O) groups is 4. The minimum atomic E-state index is -0.958. The van der Waals surface area contributed by atoms with Crippen molar-refractivity contribution in [2.45, 2.75) is 63.1 Å². The van der Waals surface area contributed by atoms with E-state index in [9.17, 15) is 19.2 Å². The maximum Gasteiger partial charge on any atom is 0.262 e. The number of halogens is 1. The summed E-state index contributed by atoms with van der Waals surface area (Å²) in [5.41, 5.74) is 7.56.